The molecule has 0 spiro atoms. The first-order chi connectivity index (χ1) is 12.8. The maximum absolute atomic E-state index is 13.0. The predicted octanol–water partition coefficient (Wildman–Crippen LogP) is 3.46. The van der Waals surface area contributed by atoms with Gasteiger partial charge in [0, 0.05) is 36.1 Å². The summed E-state index contributed by atoms with van der Waals surface area (Å²) in [6.07, 6.45) is 9.86. The summed E-state index contributed by atoms with van der Waals surface area (Å²) in [4.78, 5) is 26.7. The summed E-state index contributed by atoms with van der Waals surface area (Å²) in [7, 11) is 0. The first kappa shape index (κ1) is 18.8. The van der Waals surface area contributed by atoms with Crippen molar-refractivity contribution in [3.05, 3.63) is 44.7 Å². The highest BCUT2D eigenvalue weighted by atomic mass is 35.5. The number of amides is 1. The smallest absolute Gasteiger partial charge is 0.264 e. The number of aromatic nitrogens is 2. The van der Waals surface area contributed by atoms with Crippen LogP contribution >= 0.6 is 23.7 Å². The Balaban J connectivity index is 0.00000180. The minimum atomic E-state index is 0. The highest BCUT2D eigenvalue weighted by Crippen LogP contribution is 2.31. The van der Waals surface area contributed by atoms with Gasteiger partial charge in [0.25, 0.3) is 5.91 Å². The third-order valence-corrected chi connectivity index (χ3v) is 7.04. The van der Waals surface area contributed by atoms with Crippen molar-refractivity contribution in [2.75, 3.05) is 13.1 Å². The van der Waals surface area contributed by atoms with E-state index >= 15 is 0 Å². The molecule has 27 heavy (non-hydrogen) atoms. The predicted molar refractivity (Wildman–Crippen MR) is 109 cm³/mol. The highest BCUT2D eigenvalue weighted by molar-refractivity contribution is 7.14. The van der Waals surface area contributed by atoms with Crippen LogP contribution < -0.4 is 5.32 Å². The number of carbonyl (C=O) groups excluding carboxylic acids is 1. The normalized spacial score (nSPS) is 21.3. The van der Waals surface area contributed by atoms with E-state index in [9.17, 15) is 4.79 Å². The minimum Gasteiger partial charge on any atom is -0.333 e. The van der Waals surface area contributed by atoms with Crippen molar-refractivity contribution in [3.63, 3.8) is 0 Å². The molecule has 1 aliphatic carbocycles. The number of nitrogens with one attached hydrogen (secondary N) is 1. The number of thiophene rings is 1. The van der Waals surface area contributed by atoms with E-state index in [1.54, 1.807) is 11.3 Å². The van der Waals surface area contributed by atoms with Gasteiger partial charge in [0.05, 0.1) is 16.6 Å². The van der Waals surface area contributed by atoms with Gasteiger partial charge in [-0.15, -0.1) is 23.7 Å². The van der Waals surface area contributed by atoms with Gasteiger partial charge in [0.2, 0.25) is 0 Å². The molecule has 2 aromatic rings. The number of rotatable bonds is 2. The fourth-order valence-corrected chi connectivity index (χ4v) is 5.55. The molecule has 2 aromatic heterocycles. The lowest BCUT2D eigenvalue weighted by molar-refractivity contribution is 0.0738. The second-order valence-electron chi connectivity index (χ2n) is 7.59. The number of halogens is 1. The topological polar surface area (TPSA) is 58.1 Å². The molecule has 1 N–H and O–H groups in total. The Labute approximate surface area is 170 Å². The second kappa shape index (κ2) is 7.86. The summed E-state index contributed by atoms with van der Waals surface area (Å²) in [5.74, 6) is 1.10. The molecular weight excluding hydrogens is 380 g/mol. The number of carbonyl (C=O) groups is 1. The Bertz CT molecular complexity index is 823. The second-order valence-corrected chi connectivity index (χ2v) is 8.73. The molecule has 0 radical (unpaired) electrons. The molecule has 1 amide bonds. The maximum atomic E-state index is 13.0. The number of fused-ring (bicyclic) bond motifs is 2. The van der Waals surface area contributed by atoms with Crippen LogP contribution in [0.1, 0.15) is 68.9 Å². The summed E-state index contributed by atoms with van der Waals surface area (Å²) in [5.41, 5.74) is 3.63. The average Bonchev–Trinajstić information content (AvgIpc) is 3.36. The summed E-state index contributed by atoms with van der Waals surface area (Å²) in [6, 6.07) is 2.44. The third-order valence-electron chi connectivity index (χ3n) is 5.82. The standard InChI is InChI=1S/C20H24N4OS.ClH/c25-20(18-10-13-4-1-2-6-17(13)26-18)24-9-7-15-14(12-24)11-22-19(23-15)16-5-3-8-21-16;/h10-11,16,21H,1-9,12H2;1H. The van der Waals surface area contributed by atoms with E-state index in [1.807, 2.05) is 11.1 Å². The number of nitrogens with zero attached hydrogens (tertiary/aromatic N) is 3. The van der Waals surface area contributed by atoms with Crippen molar-refractivity contribution < 1.29 is 4.79 Å². The average molecular weight is 405 g/mol. The summed E-state index contributed by atoms with van der Waals surface area (Å²) in [5, 5.41) is 3.46. The molecule has 144 valence electrons. The summed E-state index contributed by atoms with van der Waals surface area (Å²) in [6.45, 7) is 2.44. The van der Waals surface area contributed by atoms with E-state index in [0.29, 0.717) is 12.6 Å². The van der Waals surface area contributed by atoms with Gasteiger partial charge in [0.1, 0.15) is 5.82 Å². The molecule has 7 heteroatoms. The Morgan fingerprint density at radius 2 is 2.07 bits per heavy atom. The number of aryl methyl sites for hydroxylation is 2. The van der Waals surface area contributed by atoms with Crippen LogP contribution in [0.5, 0.6) is 0 Å². The van der Waals surface area contributed by atoms with Crippen LogP contribution in [0.3, 0.4) is 0 Å². The number of hydrogen-bond donors (Lipinski definition) is 1. The summed E-state index contributed by atoms with van der Waals surface area (Å²) >= 11 is 1.71. The Morgan fingerprint density at radius 1 is 1.19 bits per heavy atom. The largest absolute Gasteiger partial charge is 0.333 e. The van der Waals surface area contributed by atoms with Crippen LogP contribution in [-0.4, -0.2) is 33.9 Å². The number of hydrogen-bond acceptors (Lipinski definition) is 5. The van der Waals surface area contributed by atoms with E-state index in [2.05, 4.69) is 16.4 Å². The van der Waals surface area contributed by atoms with Crippen LogP contribution in [0.15, 0.2) is 12.3 Å². The fourth-order valence-electron chi connectivity index (χ4n) is 4.33. The van der Waals surface area contributed by atoms with E-state index in [1.165, 1.54) is 29.7 Å². The van der Waals surface area contributed by atoms with Gasteiger partial charge in [-0.05, 0) is 56.7 Å². The Hall–Kier alpha value is -1.50. The molecule has 1 saturated heterocycles. The molecule has 2 aliphatic heterocycles. The lowest BCUT2D eigenvalue weighted by Gasteiger charge is -2.28. The van der Waals surface area contributed by atoms with E-state index < -0.39 is 0 Å². The van der Waals surface area contributed by atoms with Crippen molar-refractivity contribution in [2.24, 2.45) is 0 Å². The molecule has 4 heterocycles. The quantitative estimate of drug-likeness (QED) is 0.832. The monoisotopic (exact) mass is 404 g/mol. The van der Waals surface area contributed by atoms with Crippen molar-refractivity contribution in [2.45, 2.75) is 57.5 Å². The SMILES string of the molecule is Cl.O=C(c1cc2c(s1)CCCC2)N1CCc2nc(C3CCCN3)ncc2C1. The lowest BCUT2D eigenvalue weighted by atomic mass is 9.99. The van der Waals surface area contributed by atoms with Crippen molar-refractivity contribution >= 4 is 29.7 Å². The molecule has 5 rings (SSSR count). The molecule has 1 fully saturated rings. The van der Waals surface area contributed by atoms with Crippen LogP contribution in [0, 0.1) is 0 Å². The van der Waals surface area contributed by atoms with Gasteiger partial charge < -0.3 is 10.2 Å². The van der Waals surface area contributed by atoms with Crippen molar-refractivity contribution in [3.8, 4) is 0 Å². The van der Waals surface area contributed by atoms with Crippen molar-refractivity contribution in [1.29, 1.82) is 0 Å². The van der Waals surface area contributed by atoms with Gasteiger partial charge in [-0.2, -0.15) is 0 Å². The summed E-state index contributed by atoms with van der Waals surface area (Å²) < 4.78 is 0. The van der Waals surface area contributed by atoms with Gasteiger partial charge in [-0.25, -0.2) is 9.97 Å². The fraction of sp³-hybridized carbons (Fsp3) is 0.550. The zero-order chi connectivity index (χ0) is 17.5. The molecule has 1 atom stereocenters. The Kier molecular flexibility index (Phi) is 5.48. The lowest BCUT2D eigenvalue weighted by Crippen LogP contribution is -2.36. The molecule has 5 nitrogen and oxygen atoms in total. The van der Waals surface area contributed by atoms with Gasteiger partial charge in [-0.1, -0.05) is 0 Å². The van der Waals surface area contributed by atoms with Gasteiger partial charge in [-0.3, -0.25) is 4.79 Å². The van der Waals surface area contributed by atoms with Crippen LogP contribution in [0.4, 0.5) is 0 Å². The maximum Gasteiger partial charge on any atom is 0.264 e. The Morgan fingerprint density at radius 3 is 2.89 bits per heavy atom. The van der Waals surface area contributed by atoms with Crippen LogP contribution in [-0.2, 0) is 25.8 Å². The van der Waals surface area contributed by atoms with Crippen molar-refractivity contribution in [1.82, 2.24) is 20.2 Å². The zero-order valence-corrected chi connectivity index (χ0v) is 17.0. The highest BCUT2D eigenvalue weighted by Gasteiger charge is 2.27. The van der Waals surface area contributed by atoms with E-state index in [0.717, 1.165) is 60.7 Å². The molecule has 0 aromatic carbocycles. The zero-order valence-electron chi connectivity index (χ0n) is 15.4. The van der Waals surface area contributed by atoms with Gasteiger partial charge in [0.15, 0.2) is 0 Å². The minimum absolute atomic E-state index is 0. The third kappa shape index (κ3) is 3.62. The molecule has 0 bridgehead atoms. The molecule has 0 saturated carbocycles. The molecule has 3 aliphatic rings. The first-order valence-corrected chi connectivity index (χ1v) is 10.6. The van der Waals surface area contributed by atoms with Crippen LogP contribution in [0.2, 0.25) is 0 Å². The molecular formula is C20H25ClN4OS. The van der Waals surface area contributed by atoms with E-state index in [-0.39, 0.29) is 18.3 Å². The van der Waals surface area contributed by atoms with Gasteiger partial charge >= 0.3 is 0 Å². The van der Waals surface area contributed by atoms with E-state index in [4.69, 9.17) is 4.98 Å². The van der Waals surface area contributed by atoms with Crippen LogP contribution in [0.25, 0.3) is 0 Å². The first-order valence-electron chi connectivity index (χ1n) is 9.77. The molecule has 1 unspecified atom stereocenters.